The van der Waals surface area contributed by atoms with Crippen molar-refractivity contribution in [2.45, 2.75) is 32.4 Å². The molecule has 0 spiro atoms. The number of aromatic nitrogens is 2. The van der Waals surface area contributed by atoms with E-state index in [0.717, 1.165) is 30.2 Å². The summed E-state index contributed by atoms with van der Waals surface area (Å²) in [5.74, 6) is -0.774. The molecule has 7 heteroatoms. The SMILES string of the molecule is Cc1csc(CN(CC2CCCO2)C(=O)c2ccc(F)nc2)n1. The molecule has 5 nitrogen and oxygen atoms in total. The summed E-state index contributed by atoms with van der Waals surface area (Å²) in [6, 6.07) is 2.66. The number of amides is 1. The molecule has 3 rings (SSSR count). The summed E-state index contributed by atoms with van der Waals surface area (Å²) in [6.07, 6.45) is 3.28. The lowest BCUT2D eigenvalue weighted by atomic mass is 10.2. The van der Waals surface area contributed by atoms with Gasteiger partial charge in [-0.25, -0.2) is 9.97 Å². The Balaban J connectivity index is 1.77. The highest BCUT2D eigenvalue weighted by molar-refractivity contribution is 7.09. The molecule has 1 aliphatic heterocycles. The fourth-order valence-electron chi connectivity index (χ4n) is 2.58. The van der Waals surface area contributed by atoms with Crippen LogP contribution < -0.4 is 0 Å². The molecule has 1 unspecified atom stereocenters. The van der Waals surface area contributed by atoms with Crippen LogP contribution in [0, 0.1) is 12.9 Å². The number of hydrogen-bond donors (Lipinski definition) is 0. The van der Waals surface area contributed by atoms with Crippen LogP contribution in [0.25, 0.3) is 0 Å². The fourth-order valence-corrected chi connectivity index (χ4v) is 3.36. The highest BCUT2D eigenvalue weighted by Crippen LogP contribution is 2.18. The summed E-state index contributed by atoms with van der Waals surface area (Å²) in [5.41, 5.74) is 1.32. The van der Waals surface area contributed by atoms with E-state index in [1.165, 1.54) is 29.7 Å². The summed E-state index contributed by atoms with van der Waals surface area (Å²) in [6.45, 7) is 3.60. The molecule has 0 aliphatic carbocycles. The number of carbonyl (C=O) groups excluding carboxylic acids is 1. The lowest BCUT2D eigenvalue weighted by Gasteiger charge is -2.24. The van der Waals surface area contributed by atoms with Gasteiger partial charge in [-0.3, -0.25) is 4.79 Å². The van der Waals surface area contributed by atoms with Gasteiger partial charge in [0.15, 0.2) is 0 Å². The average molecular weight is 335 g/mol. The minimum absolute atomic E-state index is 0.0495. The zero-order valence-corrected chi connectivity index (χ0v) is 13.7. The monoisotopic (exact) mass is 335 g/mol. The normalized spacial score (nSPS) is 17.4. The zero-order valence-electron chi connectivity index (χ0n) is 12.9. The van der Waals surface area contributed by atoms with Crippen LogP contribution in [0.15, 0.2) is 23.7 Å². The Labute approximate surface area is 138 Å². The molecule has 0 aromatic carbocycles. The Hall–Kier alpha value is -1.86. The summed E-state index contributed by atoms with van der Waals surface area (Å²) in [7, 11) is 0. The molecule has 3 heterocycles. The van der Waals surface area contributed by atoms with Crippen LogP contribution in [0.1, 0.15) is 33.9 Å². The second-order valence-corrected chi connectivity index (χ2v) is 6.52. The van der Waals surface area contributed by atoms with Gasteiger partial charge in [0.25, 0.3) is 5.91 Å². The van der Waals surface area contributed by atoms with Gasteiger partial charge in [-0.15, -0.1) is 11.3 Å². The van der Waals surface area contributed by atoms with Crippen LogP contribution in [0.3, 0.4) is 0 Å². The smallest absolute Gasteiger partial charge is 0.255 e. The number of pyridine rings is 1. The van der Waals surface area contributed by atoms with E-state index in [0.29, 0.717) is 18.7 Å². The van der Waals surface area contributed by atoms with Gasteiger partial charge in [-0.05, 0) is 31.9 Å². The van der Waals surface area contributed by atoms with Crippen molar-refractivity contribution < 1.29 is 13.9 Å². The number of hydrogen-bond acceptors (Lipinski definition) is 5. The summed E-state index contributed by atoms with van der Waals surface area (Å²) < 4.78 is 18.6. The van der Waals surface area contributed by atoms with Crippen molar-refractivity contribution in [3.05, 3.63) is 45.9 Å². The lowest BCUT2D eigenvalue weighted by Crippen LogP contribution is -2.37. The standard InChI is InChI=1S/C16H18FN3O2S/c1-11-10-23-15(19-11)9-20(8-13-3-2-6-22-13)16(21)12-4-5-14(17)18-7-12/h4-5,7,10,13H,2-3,6,8-9H2,1H3. The van der Waals surface area contributed by atoms with Gasteiger partial charge in [-0.1, -0.05) is 0 Å². The van der Waals surface area contributed by atoms with E-state index in [2.05, 4.69) is 9.97 Å². The lowest BCUT2D eigenvalue weighted by molar-refractivity contribution is 0.0506. The van der Waals surface area contributed by atoms with Crippen LogP contribution in [0.5, 0.6) is 0 Å². The molecule has 1 atom stereocenters. The van der Waals surface area contributed by atoms with E-state index < -0.39 is 5.95 Å². The number of aryl methyl sites for hydroxylation is 1. The Kier molecular flexibility index (Phi) is 4.97. The Bertz CT molecular complexity index is 668. The topological polar surface area (TPSA) is 55.3 Å². The number of halogens is 1. The molecule has 0 N–H and O–H groups in total. The first-order chi connectivity index (χ1) is 11.1. The molecule has 23 heavy (non-hydrogen) atoms. The van der Waals surface area contributed by atoms with Crippen molar-refractivity contribution in [2.75, 3.05) is 13.2 Å². The molecule has 1 saturated heterocycles. The third-order valence-corrected chi connectivity index (χ3v) is 4.65. The van der Waals surface area contributed by atoms with Crippen LogP contribution in [-0.2, 0) is 11.3 Å². The summed E-state index contributed by atoms with van der Waals surface area (Å²) in [5, 5.41) is 2.84. The molecule has 122 valence electrons. The molecule has 2 aromatic rings. The van der Waals surface area contributed by atoms with Gasteiger partial charge in [0, 0.05) is 30.4 Å². The third kappa shape index (κ3) is 4.11. The summed E-state index contributed by atoms with van der Waals surface area (Å²) >= 11 is 1.53. The molecular formula is C16H18FN3O2S. The molecule has 1 aliphatic rings. The molecule has 2 aromatic heterocycles. The molecule has 0 saturated carbocycles. The van der Waals surface area contributed by atoms with Crippen molar-refractivity contribution in [3.8, 4) is 0 Å². The van der Waals surface area contributed by atoms with Gasteiger partial charge in [0.1, 0.15) is 5.01 Å². The Morgan fingerprint density at radius 2 is 2.39 bits per heavy atom. The first kappa shape index (κ1) is 16.0. The minimum Gasteiger partial charge on any atom is -0.376 e. The van der Waals surface area contributed by atoms with Gasteiger partial charge < -0.3 is 9.64 Å². The summed E-state index contributed by atoms with van der Waals surface area (Å²) in [4.78, 5) is 22.4. The average Bonchev–Trinajstić information content (AvgIpc) is 3.19. The Morgan fingerprint density at radius 1 is 1.52 bits per heavy atom. The molecular weight excluding hydrogens is 317 g/mol. The van der Waals surface area contributed by atoms with Gasteiger partial charge in [0.05, 0.1) is 18.2 Å². The van der Waals surface area contributed by atoms with E-state index in [1.54, 1.807) is 4.90 Å². The zero-order chi connectivity index (χ0) is 16.2. The molecule has 1 amide bonds. The quantitative estimate of drug-likeness (QED) is 0.789. The van der Waals surface area contributed by atoms with Crippen molar-refractivity contribution >= 4 is 17.2 Å². The van der Waals surface area contributed by atoms with E-state index in [1.807, 2.05) is 12.3 Å². The van der Waals surface area contributed by atoms with Crippen LogP contribution >= 0.6 is 11.3 Å². The van der Waals surface area contributed by atoms with Gasteiger partial charge in [0.2, 0.25) is 5.95 Å². The highest BCUT2D eigenvalue weighted by atomic mass is 32.1. The van der Waals surface area contributed by atoms with Crippen LogP contribution in [-0.4, -0.2) is 40.0 Å². The van der Waals surface area contributed by atoms with Crippen molar-refractivity contribution in [2.24, 2.45) is 0 Å². The maximum absolute atomic E-state index is 13.0. The minimum atomic E-state index is -0.595. The highest BCUT2D eigenvalue weighted by Gasteiger charge is 2.24. The van der Waals surface area contributed by atoms with Crippen molar-refractivity contribution in [1.82, 2.24) is 14.9 Å². The number of rotatable bonds is 5. The predicted molar refractivity (Wildman–Crippen MR) is 84.8 cm³/mol. The number of carbonyl (C=O) groups is 1. The van der Waals surface area contributed by atoms with E-state index in [9.17, 15) is 9.18 Å². The Morgan fingerprint density at radius 3 is 3.00 bits per heavy atom. The molecule has 0 radical (unpaired) electrons. The van der Waals surface area contributed by atoms with E-state index >= 15 is 0 Å². The maximum Gasteiger partial charge on any atom is 0.255 e. The second-order valence-electron chi connectivity index (χ2n) is 5.57. The van der Waals surface area contributed by atoms with E-state index in [4.69, 9.17) is 4.74 Å². The van der Waals surface area contributed by atoms with Gasteiger partial charge >= 0.3 is 0 Å². The first-order valence-corrected chi connectivity index (χ1v) is 8.43. The molecule has 0 bridgehead atoms. The number of nitrogens with zero attached hydrogens (tertiary/aromatic N) is 3. The third-order valence-electron chi connectivity index (χ3n) is 3.70. The predicted octanol–water partition coefficient (Wildman–Crippen LogP) is 2.81. The van der Waals surface area contributed by atoms with Crippen molar-refractivity contribution in [3.63, 3.8) is 0 Å². The van der Waals surface area contributed by atoms with Crippen LogP contribution in [0.4, 0.5) is 4.39 Å². The number of thiazole rings is 1. The second kappa shape index (κ2) is 7.14. The number of ether oxygens (including phenoxy) is 1. The van der Waals surface area contributed by atoms with Gasteiger partial charge in [-0.2, -0.15) is 4.39 Å². The van der Waals surface area contributed by atoms with E-state index in [-0.39, 0.29) is 12.0 Å². The van der Waals surface area contributed by atoms with Crippen LogP contribution in [0.2, 0.25) is 0 Å². The largest absolute Gasteiger partial charge is 0.376 e. The van der Waals surface area contributed by atoms with Crippen molar-refractivity contribution in [1.29, 1.82) is 0 Å². The maximum atomic E-state index is 13.0. The fraction of sp³-hybridized carbons (Fsp3) is 0.438. The first-order valence-electron chi connectivity index (χ1n) is 7.55. The molecule has 1 fully saturated rings.